The summed E-state index contributed by atoms with van der Waals surface area (Å²) in [5.74, 6) is 1.83. The minimum Gasteiger partial charge on any atom is -0.465 e. The molecular weight excluding hydrogens is 202 g/mol. The lowest BCUT2D eigenvalue weighted by atomic mass is 10.0. The summed E-state index contributed by atoms with van der Waals surface area (Å²) in [6.45, 7) is 2.86. The molecule has 0 radical (unpaired) electrons. The average Bonchev–Trinajstić information content (AvgIpc) is 2.74. The summed E-state index contributed by atoms with van der Waals surface area (Å²) in [7, 11) is 0. The number of hydrogen-bond acceptors (Lipinski definition) is 3. The van der Waals surface area contributed by atoms with Gasteiger partial charge in [-0.05, 0) is 51.2 Å². The van der Waals surface area contributed by atoms with Gasteiger partial charge in [-0.3, -0.25) is 0 Å². The first-order chi connectivity index (χ1) is 7.75. The Hall–Kier alpha value is -0.800. The quantitative estimate of drug-likeness (QED) is 0.853. The maximum Gasteiger partial charge on any atom is 0.120 e. The van der Waals surface area contributed by atoms with E-state index in [1.165, 1.54) is 19.3 Å². The highest BCUT2D eigenvalue weighted by atomic mass is 16.5. The topological polar surface area (TPSA) is 48.4 Å². The van der Waals surface area contributed by atoms with Crippen molar-refractivity contribution in [3.8, 4) is 0 Å². The molecule has 0 aromatic carbocycles. The van der Waals surface area contributed by atoms with Crippen LogP contribution < -0.4 is 5.73 Å². The Labute approximate surface area is 97.0 Å². The molecule has 0 saturated carbocycles. The van der Waals surface area contributed by atoms with Gasteiger partial charge in [-0.2, -0.15) is 0 Å². The van der Waals surface area contributed by atoms with Crippen LogP contribution in [0.15, 0.2) is 16.5 Å². The third-order valence-electron chi connectivity index (χ3n) is 3.20. The van der Waals surface area contributed by atoms with Crippen LogP contribution in [0.3, 0.4) is 0 Å². The van der Waals surface area contributed by atoms with E-state index >= 15 is 0 Å². The van der Waals surface area contributed by atoms with Crippen LogP contribution in [0.25, 0.3) is 0 Å². The molecule has 2 unspecified atom stereocenters. The van der Waals surface area contributed by atoms with Gasteiger partial charge in [0.05, 0.1) is 12.1 Å². The molecule has 1 aromatic rings. The molecule has 2 rings (SSSR count). The second kappa shape index (κ2) is 5.51. The maximum absolute atomic E-state index is 6.08. The molecule has 3 heteroatoms. The van der Waals surface area contributed by atoms with Gasteiger partial charge < -0.3 is 14.9 Å². The van der Waals surface area contributed by atoms with E-state index in [2.05, 4.69) is 0 Å². The van der Waals surface area contributed by atoms with E-state index in [1.54, 1.807) is 0 Å². The standard InChI is InChI=1S/C13H21NO2/c1-10-5-8-13(16-10)12(14)7-6-11-4-2-3-9-15-11/h5,8,11-12H,2-4,6-7,9,14H2,1H3. The lowest BCUT2D eigenvalue weighted by molar-refractivity contribution is 0.00885. The molecular formula is C13H21NO2. The van der Waals surface area contributed by atoms with Crippen LogP contribution in [0.1, 0.15) is 49.7 Å². The van der Waals surface area contributed by atoms with Crippen molar-refractivity contribution in [1.29, 1.82) is 0 Å². The molecule has 2 heterocycles. The predicted molar refractivity (Wildman–Crippen MR) is 63.2 cm³/mol. The zero-order valence-corrected chi connectivity index (χ0v) is 9.95. The highest BCUT2D eigenvalue weighted by Gasteiger charge is 2.17. The fourth-order valence-corrected chi connectivity index (χ4v) is 2.20. The summed E-state index contributed by atoms with van der Waals surface area (Å²) in [5, 5.41) is 0. The lowest BCUT2D eigenvalue weighted by Gasteiger charge is -2.23. The van der Waals surface area contributed by atoms with Crippen LogP contribution in [0.5, 0.6) is 0 Å². The SMILES string of the molecule is Cc1ccc(C(N)CCC2CCCCO2)o1. The third kappa shape index (κ3) is 3.09. The van der Waals surface area contributed by atoms with Crippen molar-refractivity contribution in [3.05, 3.63) is 23.7 Å². The van der Waals surface area contributed by atoms with Gasteiger partial charge in [0.25, 0.3) is 0 Å². The number of nitrogens with two attached hydrogens (primary N) is 1. The fourth-order valence-electron chi connectivity index (χ4n) is 2.20. The summed E-state index contributed by atoms with van der Waals surface area (Å²) in [4.78, 5) is 0. The number of aryl methyl sites for hydroxylation is 1. The maximum atomic E-state index is 6.08. The highest BCUT2D eigenvalue weighted by molar-refractivity contribution is 5.09. The van der Waals surface area contributed by atoms with E-state index in [1.807, 2.05) is 19.1 Å². The van der Waals surface area contributed by atoms with Crippen molar-refractivity contribution >= 4 is 0 Å². The molecule has 1 fully saturated rings. The monoisotopic (exact) mass is 223 g/mol. The molecule has 16 heavy (non-hydrogen) atoms. The zero-order valence-electron chi connectivity index (χ0n) is 9.95. The number of furan rings is 1. The Bertz CT molecular complexity index is 315. The van der Waals surface area contributed by atoms with Crippen molar-refractivity contribution in [3.63, 3.8) is 0 Å². The van der Waals surface area contributed by atoms with Gasteiger partial charge in [-0.25, -0.2) is 0 Å². The molecule has 0 aliphatic carbocycles. The zero-order chi connectivity index (χ0) is 11.4. The first-order valence-corrected chi connectivity index (χ1v) is 6.19. The van der Waals surface area contributed by atoms with Gasteiger partial charge in [0.2, 0.25) is 0 Å². The van der Waals surface area contributed by atoms with Crippen LogP contribution in [0.4, 0.5) is 0 Å². The van der Waals surface area contributed by atoms with E-state index in [9.17, 15) is 0 Å². The largest absolute Gasteiger partial charge is 0.465 e. The van der Waals surface area contributed by atoms with Crippen LogP contribution in [0.2, 0.25) is 0 Å². The van der Waals surface area contributed by atoms with Crippen molar-refractivity contribution in [2.45, 2.75) is 51.2 Å². The minimum atomic E-state index is 0.0132. The molecule has 1 aromatic heterocycles. The van der Waals surface area contributed by atoms with Gasteiger partial charge in [0.15, 0.2) is 0 Å². The van der Waals surface area contributed by atoms with Crippen molar-refractivity contribution in [2.75, 3.05) is 6.61 Å². The van der Waals surface area contributed by atoms with E-state index in [4.69, 9.17) is 14.9 Å². The predicted octanol–water partition coefficient (Wildman–Crippen LogP) is 2.94. The first kappa shape index (κ1) is 11.7. The smallest absolute Gasteiger partial charge is 0.120 e. The number of rotatable bonds is 4. The summed E-state index contributed by atoms with van der Waals surface area (Å²) in [6.07, 6.45) is 6.08. The van der Waals surface area contributed by atoms with E-state index < -0.39 is 0 Å². The molecule has 90 valence electrons. The first-order valence-electron chi connectivity index (χ1n) is 6.19. The lowest BCUT2D eigenvalue weighted by Crippen LogP contribution is -2.21. The highest BCUT2D eigenvalue weighted by Crippen LogP contribution is 2.23. The second-order valence-electron chi connectivity index (χ2n) is 4.62. The average molecular weight is 223 g/mol. The van der Waals surface area contributed by atoms with Crippen molar-refractivity contribution < 1.29 is 9.15 Å². The van der Waals surface area contributed by atoms with Crippen LogP contribution >= 0.6 is 0 Å². The van der Waals surface area contributed by atoms with Gasteiger partial charge in [0.1, 0.15) is 11.5 Å². The molecule has 3 nitrogen and oxygen atoms in total. The van der Waals surface area contributed by atoms with E-state index in [-0.39, 0.29) is 6.04 Å². The summed E-state index contributed by atoms with van der Waals surface area (Å²) in [6, 6.07) is 3.95. The Balaban J connectivity index is 1.76. The number of hydrogen-bond donors (Lipinski definition) is 1. The summed E-state index contributed by atoms with van der Waals surface area (Å²) >= 11 is 0. The fraction of sp³-hybridized carbons (Fsp3) is 0.692. The summed E-state index contributed by atoms with van der Waals surface area (Å²) < 4.78 is 11.2. The molecule has 1 aliphatic rings. The summed E-state index contributed by atoms with van der Waals surface area (Å²) in [5.41, 5.74) is 6.08. The molecule has 1 aliphatic heterocycles. The normalized spacial score (nSPS) is 23.2. The molecule has 2 atom stereocenters. The van der Waals surface area contributed by atoms with Gasteiger partial charge in [-0.1, -0.05) is 0 Å². The van der Waals surface area contributed by atoms with Crippen molar-refractivity contribution in [1.82, 2.24) is 0 Å². The van der Waals surface area contributed by atoms with Crippen LogP contribution in [-0.4, -0.2) is 12.7 Å². The third-order valence-corrected chi connectivity index (χ3v) is 3.20. The second-order valence-corrected chi connectivity index (χ2v) is 4.62. The van der Waals surface area contributed by atoms with Gasteiger partial charge >= 0.3 is 0 Å². The van der Waals surface area contributed by atoms with Gasteiger partial charge in [0, 0.05) is 6.61 Å². The molecule has 0 spiro atoms. The van der Waals surface area contributed by atoms with Crippen LogP contribution in [0, 0.1) is 6.92 Å². The van der Waals surface area contributed by atoms with E-state index in [0.29, 0.717) is 6.10 Å². The molecule has 1 saturated heterocycles. The Morgan fingerprint density at radius 1 is 1.44 bits per heavy atom. The Kier molecular flexibility index (Phi) is 4.02. The Morgan fingerprint density at radius 3 is 2.94 bits per heavy atom. The van der Waals surface area contributed by atoms with Crippen LogP contribution in [-0.2, 0) is 4.74 Å². The van der Waals surface area contributed by atoms with Crippen molar-refractivity contribution in [2.24, 2.45) is 5.73 Å². The molecule has 2 N–H and O–H groups in total. The Morgan fingerprint density at radius 2 is 2.31 bits per heavy atom. The minimum absolute atomic E-state index is 0.0132. The van der Waals surface area contributed by atoms with E-state index in [0.717, 1.165) is 31.0 Å². The molecule has 0 bridgehead atoms. The van der Waals surface area contributed by atoms with Gasteiger partial charge in [-0.15, -0.1) is 0 Å². The molecule has 0 amide bonds. The number of ether oxygens (including phenoxy) is 1.